The van der Waals surface area contributed by atoms with Gasteiger partial charge in [-0.25, -0.2) is 0 Å². The van der Waals surface area contributed by atoms with Crippen molar-refractivity contribution in [2.45, 2.75) is 38.2 Å². The zero-order valence-corrected chi connectivity index (χ0v) is 10.8. The lowest BCUT2D eigenvalue weighted by molar-refractivity contribution is -0.0668. The van der Waals surface area contributed by atoms with Crippen LogP contribution in [0.2, 0.25) is 5.02 Å². The van der Waals surface area contributed by atoms with E-state index in [2.05, 4.69) is 6.92 Å². The van der Waals surface area contributed by atoms with Gasteiger partial charge in [0.1, 0.15) is 5.75 Å². The van der Waals surface area contributed by atoms with Gasteiger partial charge in [-0.05, 0) is 42.0 Å². The quantitative estimate of drug-likeness (QED) is 0.877. The van der Waals surface area contributed by atoms with Crippen LogP contribution >= 0.6 is 11.6 Å². The van der Waals surface area contributed by atoms with Gasteiger partial charge < -0.3 is 9.84 Å². The maximum atomic E-state index is 10.4. The second-order valence-corrected chi connectivity index (χ2v) is 6.00. The first-order valence-electron chi connectivity index (χ1n) is 6.22. The number of hydrogen-bond donors (Lipinski definition) is 1. The van der Waals surface area contributed by atoms with Crippen LogP contribution in [0.3, 0.4) is 0 Å². The summed E-state index contributed by atoms with van der Waals surface area (Å²) in [5, 5.41) is 11.1. The third-order valence-corrected chi connectivity index (χ3v) is 4.02. The number of fused-ring (bicyclic) bond motifs is 1. The van der Waals surface area contributed by atoms with Crippen LogP contribution in [-0.4, -0.2) is 17.3 Å². The maximum Gasteiger partial charge on any atom is 0.126 e. The van der Waals surface area contributed by atoms with Crippen molar-refractivity contribution in [2.75, 3.05) is 6.61 Å². The molecule has 2 aliphatic rings. The molecule has 1 aliphatic carbocycles. The Balaban J connectivity index is 1.88. The summed E-state index contributed by atoms with van der Waals surface area (Å²) in [6.07, 6.45) is 3.36. The monoisotopic (exact) mass is 252 g/mol. The van der Waals surface area contributed by atoms with Crippen LogP contribution in [0.4, 0.5) is 0 Å². The maximum absolute atomic E-state index is 10.4. The highest BCUT2D eigenvalue weighted by Crippen LogP contribution is 2.43. The Morgan fingerprint density at radius 2 is 2.24 bits per heavy atom. The van der Waals surface area contributed by atoms with E-state index in [9.17, 15) is 5.11 Å². The molecule has 0 spiro atoms. The molecular weight excluding hydrogens is 236 g/mol. The number of halogens is 1. The lowest BCUT2D eigenvalue weighted by Crippen LogP contribution is -2.44. The van der Waals surface area contributed by atoms with E-state index in [1.54, 1.807) is 0 Å². The van der Waals surface area contributed by atoms with Crippen molar-refractivity contribution in [3.05, 3.63) is 28.3 Å². The summed E-state index contributed by atoms with van der Waals surface area (Å²) < 4.78 is 5.66. The van der Waals surface area contributed by atoms with Crippen LogP contribution in [0, 0.1) is 5.92 Å². The molecular formula is C14H17ClO2. The van der Waals surface area contributed by atoms with Crippen molar-refractivity contribution < 1.29 is 9.84 Å². The molecule has 1 heterocycles. The van der Waals surface area contributed by atoms with Crippen LogP contribution in [0.25, 0.3) is 0 Å². The van der Waals surface area contributed by atoms with Gasteiger partial charge in [0.05, 0.1) is 12.2 Å². The molecule has 1 aromatic rings. The molecule has 1 aromatic carbocycles. The predicted octanol–water partition coefficient (Wildman–Crippen LogP) is 2.98. The van der Waals surface area contributed by atoms with E-state index < -0.39 is 5.60 Å². The van der Waals surface area contributed by atoms with Crippen LogP contribution in [0.1, 0.15) is 30.9 Å². The fraction of sp³-hybridized carbons (Fsp3) is 0.571. The zero-order chi connectivity index (χ0) is 12.0. The van der Waals surface area contributed by atoms with Gasteiger partial charge in [-0.1, -0.05) is 18.5 Å². The summed E-state index contributed by atoms with van der Waals surface area (Å²) in [5.74, 6) is 1.59. The average Bonchev–Trinajstić information content (AvgIpc) is 2.62. The highest BCUT2D eigenvalue weighted by molar-refractivity contribution is 6.30. The van der Waals surface area contributed by atoms with E-state index in [1.165, 1.54) is 5.56 Å². The van der Waals surface area contributed by atoms with Crippen molar-refractivity contribution in [3.63, 3.8) is 0 Å². The van der Waals surface area contributed by atoms with Gasteiger partial charge in [-0.3, -0.25) is 0 Å². The van der Waals surface area contributed by atoms with Crippen LogP contribution < -0.4 is 4.74 Å². The average molecular weight is 253 g/mol. The molecule has 0 bridgehead atoms. The Morgan fingerprint density at radius 1 is 1.47 bits per heavy atom. The van der Waals surface area contributed by atoms with Crippen LogP contribution in [0.5, 0.6) is 5.75 Å². The SMILES string of the molecule is CC1CC(O)(Cc2cc(Cl)cc3c2OCC3)C1. The van der Waals surface area contributed by atoms with Gasteiger partial charge >= 0.3 is 0 Å². The molecule has 1 fully saturated rings. The number of aliphatic hydroxyl groups is 1. The molecule has 0 unspecified atom stereocenters. The zero-order valence-electron chi connectivity index (χ0n) is 10.0. The van der Waals surface area contributed by atoms with Crippen molar-refractivity contribution in [2.24, 2.45) is 5.92 Å². The van der Waals surface area contributed by atoms with Crippen molar-refractivity contribution in [1.29, 1.82) is 0 Å². The first-order valence-corrected chi connectivity index (χ1v) is 6.60. The van der Waals surface area contributed by atoms with Crippen molar-refractivity contribution in [1.82, 2.24) is 0 Å². The van der Waals surface area contributed by atoms with Gasteiger partial charge in [0.25, 0.3) is 0 Å². The van der Waals surface area contributed by atoms with Gasteiger partial charge in [0.15, 0.2) is 0 Å². The van der Waals surface area contributed by atoms with Crippen LogP contribution in [-0.2, 0) is 12.8 Å². The topological polar surface area (TPSA) is 29.5 Å². The highest BCUT2D eigenvalue weighted by Gasteiger charge is 2.41. The van der Waals surface area contributed by atoms with E-state index in [0.717, 1.165) is 42.2 Å². The molecule has 1 aliphatic heterocycles. The first kappa shape index (κ1) is 11.4. The molecule has 0 aromatic heterocycles. The van der Waals surface area contributed by atoms with E-state index in [0.29, 0.717) is 12.3 Å². The normalized spacial score (nSPS) is 30.6. The minimum atomic E-state index is -0.538. The summed E-state index contributed by atoms with van der Waals surface area (Å²) in [5.41, 5.74) is 1.71. The molecule has 17 heavy (non-hydrogen) atoms. The largest absolute Gasteiger partial charge is 0.493 e. The number of rotatable bonds is 2. The molecule has 0 amide bonds. The van der Waals surface area contributed by atoms with Gasteiger partial charge in [-0.2, -0.15) is 0 Å². The van der Waals surface area contributed by atoms with E-state index in [-0.39, 0.29) is 0 Å². The lowest BCUT2D eigenvalue weighted by atomic mass is 9.69. The minimum absolute atomic E-state index is 0.538. The van der Waals surface area contributed by atoms with Crippen molar-refractivity contribution >= 4 is 11.6 Å². The number of benzene rings is 1. The van der Waals surface area contributed by atoms with Crippen molar-refractivity contribution in [3.8, 4) is 5.75 Å². The Morgan fingerprint density at radius 3 is 2.94 bits per heavy atom. The Bertz CT molecular complexity index is 450. The molecule has 1 saturated carbocycles. The number of hydrogen-bond acceptors (Lipinski definition) is 2. The predicted molar refractivity (Wildman–Crippen MR) is 67.7 cm³/mol. The molecule has 0 radical (unpaired) electrons. The summed E-state index contributed by atoms with van der Waals surface area (Å²) in [7, 11) is 0. The fourth-order valence-electron chi connectivity index (χ4n) is 3.21. The third kappa shape index (κ3) is 2.04. The highest BCUT2D eigenvalue weighted by atomic mass is 35.5. The van der Waals surface area contributed by atoms with E-state index in [1.807, 2.05) is 12.1 Å². The van der Waals surface area contributed by atoms with Gasteiger partial charge in [0, 0.05) is 17.9 Å². The second kappa shape index (κ2) is 3.89. The second-order valence-electron chi connectivity index (χ2n) is 5.57. The summed E-state index contributed by atoms with van der Waals surface area (Å²) >= 11 is 6.11. The first-order chi connectivity index (χ1) is 8.06. The Kier molecular flexibility index (Phi) is 2.60. The Labute approximate surface area is 107 Å². The molecule has 0 saturated heterocycles. The molecule has 92 valence electrons. The van der Waals surface area contributed by atoms with E-state index in [4.69, 9.17) is 16.3 Å². The number of ether oxygens (including phenoxy) is 1. The molecule has 1 N–H and O–H groups in total. The third-order valence-electron chi connectivity index (χ3n) is 3.80. The smallest absolute Gasteiger partial charge is 0.126 e. The summed E-state index contributed by atoms with van der Waals surface area (Å²) in [4.78, 5) is 0. The Hall–Kier alpha value is -0.730. The standard InChI is InChI=1S/C14H17ClO2/c1-9-6-14(16,7-9)8-11-5-12(15)4-10-2-3-17-13(10)11/h4-5,9,16H,2-3,6-8H2,1H3. The fourth-order valence-corrected chi connectivity index (χ4v) is 3.48. The molecule has 0 atom stereocenters. The van der Waals surface area contributed by atoms with Gasteiger partial charge in [-0.15, -0.1) is 0 Å². The summed E-state index contributed by atoms with van der Waals surface area (Å²) in [6, 6.07) is 3.91. The molecule has 3 rings (SSSR count). The molecule has 2 nitrogen and oxygen atoms in total. The minimum Gasteiger partial charge on any atom is -0.493 e. The molecule has 3 heteroatoms. The summed E-state index contributed by atoms with van der Waals surface area (Å²) in [6.45, 7) is 2.91. The van der Waals surface area contributed by atoms with E-state index >= 15 is 0 Å². The van der Waals surface area contributed by atoms with Crippen LogP contribution in [0.15, 0.2) is 12.1 Å². The van der Waals surface area contributed by atoms with Gasteiger partial charge in [0.2, 0.25) is 0 Å². The lowest BCUT2D eigenvalue weighted by Gasteiger charge is -2.42.